The fourth-order valence-electron chi connectivity index (χ4n) is 4.03. The van der Waals surface area contributed by atoms with E-state index in [2.05, 4.69) is 17.6 Å². The summed E-state index contributed by atoms with van der Waals surface area (Å²) in [5, 5.41) is 5.66. The van der Waals surface area contributed by atoms with Crippen molar-refractivity contribution in [1.29, 1.82) is 0 Å². The molecule has 1 aliphatic rings. The Morgan fingerprint density at radius 2 is 1.67 bits per heavy atom. The summed E-state index contributed by atoms with van der Waals surface area (Å²) in [5.41, 5.74) is 4.16. The van der Waals surface area contributed by atoms with E-state index in [-0.39, 0.29) is 18.0 Å². The lowest BCUT2D eigenvalue weighted by atomic mass is 10.1. The van der Waals surface area contributed by atoms with Gasteiger partial charge in [-0.15, -0.1) is 0 Å². The highest BCUT2D eigenvalue weighted by Crippen LogP contribution is 2.34. The first-order valence-corrected chi connectivity index (χ1v) is 10.8. The highest BCUT2D eigenvalue weighted by molar-refractivity contribution is 6.07. The summed E-state index contributed by atoms with van der Waals surface area (Å²) in [7, 11) is 3.11. The van der Waals surface area contributed by atoms with Gasteiger partial charge in [0.25, 0.3) is 5.91 Å². The van der Waals surface area contributed by atoms with E-state index in [9.17, 15) is 9.59 Å². The van der Waals surface area contributed by atoms with Crippen LogP contribution >= 0.6 is 0 Å². The fourth-order valence-corrected chi connectivity index (χ4v) is 4.03. The number of carbonyl (C=O) groups excluding carboxylic acids is 2. The van der Waals surface area contributed by atoms with Crippen molar-refractivity contribution in [3.05, 3.63) is 83.4 Å². The summed E-state index contributed by atoms with van der Waals surface area (Å²) in [6.07, 6.45) is 0.805. The molecule has 0 bridgehead atoms. The predicted molar refractivity (Wildman–Crippen MR) is 128 cm³/mol. The second kappa shape index (κ2) is 9.65. The van der Waals surface area contributed by atoms with Crippen molar-refractivity contribution in [2.75, 3.05) is 24.4 Å². The largest absolute Gasteiger partial charge is 0.497 e. The van der Waals surface area contributed by atoms with Crippen LogP contribution in [0.5, 0.6) is 11.5 Å². The average molecular weight is 446 g/mol. The monoisotopic (exact) mass is 445 g/mol. The third-order valence-electron chi connectivity index (χ3n) is 5.67. The van der Waals surface area contributed by atoms with Gasteiger partial charge >= 0.3 is 6.03 Å². The van der Waals surface area contributed by atoms with E-state index in [0.29, 0.717) is 29.3 Å². The van der Waals surface area contributed by atoms with Gasteiger partial charge in [-0.05, 0) is 42.7 Å². The van der Waals surface area contributed by atoms with E-state index in [0.717, 1.165) is 23.2 Å². The van der Waals surface area contributed by atoms with Gasteiger partial charge in [0.1, 0.15) is 11.5 Å². The molecule has 7 heteroatoms. The number of rotatable bonds is 6. The number of amides is 3. The maximum atomic E-state index is 13.1. The number of carbonyl (C=O) groups is 2. The van der Waals surface area contributed by atoms with E-state index < -0.39 is 0 Å². The van der Waals surface area contributed by atoms with Gasteiger partial charge in [0.15, 0.2) is 0 Å². The van der Waals surface area contributed by atoms with Crippen molar-refractivity contribution in [3.8, 4) is 11.5 Å². The van der Waals surface area contributed by atoms with E-state index >= 15 is 0 Å². The number of hydrogen-bond donors (Lipinski definition) is 2. The predicted octanol–water partition coefficient (Wildman–Crippen LogP) is 4.62. The first kappa shape index (κ1) is 22.2. The molecule has 1 aliphatic heterocycles. The molecule has 1 unspecified atom stereocenters. The van der Waals surface area contributed by atoms with Crippen molar-refractivity contribution < 1.29 is 19.1 Å². The third kappa shape index (κ3) is 4.92. The lowest BCUT2D eigenvalue weighted by Crippen LogP contribution is -2.35. The van der Waals surface area contributed by atoms with Gasteiger partial charge in [0.05, 0.1) is 14.2 Å². The van der Waals surface area contributed by atoms with Crippen LogP contribution in [0.4, 0.5) is 16.2 Å². The lowest BCUT2D eigenvalue weighted by molar-refractivity contribution is 0.0981. The molecule has 33 heavy (non-hydrogen) atoms. The molecule has 1 heterocycles. The summed E-state index contributed by atoms with van der Waals surface area (Å²) in [4.78, 5) is 27.4. The van der Waals surface area contributed by atoms with Crippen molar-refractivity contribution in [1.82, 2.24) is 5.32 Å². The van der Waals surface area contributed by atoms with Crippen LogP contribution in [-0.2, 0) is 13.0 Å². The molecule has 0 saturated heterocycles. The maximum absolute atomic E-state index is 13.1. The van der Waals surface area contributed by atoms with Gasteiger partial charge in [-0.1, -0.05) is 30.3 Å². The molecule has 3 amide bonds. The van der Waals surface area contributed by atoms with E-state index in [4.69, 9.17) is 9.47 Å². The Hall–Kier alpha value is -4.00. The highest BCUT2D eigenvalue weighted by atomic mass is 16.5. The number of urea groups is 1. The van der Waals surface area contributed by atoms with Crippen LogP contribution in [0.2, 0.25) is 0 Å². The molecule has 2 N–H and O–H groups in total. The minimum atomic E-state index is -0.351. The number of nitrogens with zero attached hydrogens (tertiary/aromatic N) is 1. The van der Waals surface area contributed by atoms with Gasteiger partial charge in [-0.25, -0.2) is 4.79 Å². The molecule has 1 atom stereocenters. The molecule has 7 nitrogen and oxygen atoms in total. The zero-order valence-electron chi connectivity index (χ0n) is 18.9. The maximum Gasteiger partial charge on any atom is 0.319 e. The number of ether oxygens (including phenoxy) is 2. The Balaban J connectivity index is 1.45. The first-order valence-electron chi connectivity index (χ1n) is 10.8. The summed E-state index contributed by atoms with van der Waals surface area (Å²) >= 11 is 0. The van der Waals surface area contributed by atoms with Crippen LogP contribution in [0.15, 0.2) is 66.7 Å². The molecule has 0 saturated carbocycles. The quantitative estimate of drug-likeness (QED) is 0.580. The molecule has 0 radical (unpaired) electrons. The standard InChI is InChI=1S/C26H27N3O4/c1-17-11-20-10-9-18(12-24(20)29(17)25(30)19-7-5-4-6-8-19)16-27-26(31)28-21-13-22(32-2)15-23(14-21)33-3/h4-10,12-15,17H,11,16H2,1-3H3,(H2,27,28,31). The summed E-state index contributed by atoms with van der Waals surface area (Å²) < 4.78 is 10.5. The number of nitrogens with one attached hydrogen (secondary N) is 2. The van der Waals surface area contributed by atoms with E-state index in [1.165, 1.54) is 0 Å². The molecule has 4 rings (SSSR count). The Morgan fingerprint density at radius 3 is 2.33 bits per heavy atom. The van der Waals surface area contributed by atoms with Gasteiger partial charge in [0, 0.05) is 47.7 Å². The first-order chi connectivity index (χ1) is 16.0. The number of hydrogen-bond acceptors (Lipinski definition) is 4. The minimum absolute atomic E-state index is 0.0170. The zero-order valence-corrected chi connectivity index (χ0v) is 18.9. The van der Waals surface area contributed by atoms with Crippen LogP contribution < -0.4 is 25.0 Å². The summed E-state index contributed by atoms with van der Waals surface area (Å²) in [6, 6.07) is 20.2. The number of benzene rings is 3. The molecular weight excluding hydrogens is 418 g/mol. The smallest absolute Gasteiger partial charge is 0.319 e. The second-order valence-electron chi connectivity index (χ2n) is 7.97. The molecule has 3 aromatic carbocycles. The normalized spacial score (nSPS) is 14.4. The Morgan fingerprint density at radius 1 is 0.970 bits per heavy atom. The molecule has 0 aliphatic carbocycles. The number of anilines is 2. The number of methoxy groups -OCH3 is 2. The van der Waals surface area contributed by atoms with Gasteiger partial charge < -0.3 is 25.0 Å². The molecule has 0 fully saturated rings. The molecule has 0 spiro atoms. The second-order valence-corrected chi connectivity index (χ2v) is 7.97. The van der Waals surface area contributed by atoms with Gasteiger partial charge in [0.2, 0.25) is 0 Å². The van der Waals surface area contributed by atoms with E-state index in [1.54, 1.807) is 32.4 Å². The summed E-state index contributed by atoms with van der Waals surface area (Å²) in [6.45, 7) is 2.37. The molecule has 0 aromatic heterocycles. The number of fused-ring (bicyclic) bond motifs is 1. The Bertz CT molecular complexity index is 1140. The topological polar surface area (TPSA) is 79.9 Å². The minimum Gasteiger partial charge on any atom is -0.497 e. The lowest BCUT2D eigenvalue weighted by Gasteiger charge is -2.23. The Kier molecular flexibility index (Phi) is 6.49. The van der Waals surface area contributed by atoms with Crippen LogP contribution in [0, 0.1) is 0 Å². The van der Waals surface area contributed by atoms with Crippen LogP contribution in [-0.4, -0.2) is 32.2 Å². The van der Waals surface area contributed by atoms with Crippen LogP contribution in [0.3, 0.4) is 0 Å². The van der Waals surface area contributed by atoms with Crippen molar-refractivity contribution in [2.45, 2.75) is 25.9 Å². The Labute approximate surface area is 193 Å². The zero-order chi connectivity index (χ0) is 23.4. The van der Waals surface area contributed by atoms with Crippen LogP contribution in [0.25, 0.3) is 0 Å². The van der Waals surface area contributed by atoms with Crippen molar-refractivity contribution in [3.63, 3.8) is 0 Å². The van der Waals surface area contributed by atoms with E-state index in [1.807, 2.05) is 53.4 Å². The third-order valence-corrected chi connectivity index (χ3v) is 5.67. The molecule has 170 valence electrons. The van der Waals surface area contributed by atoms with Crippen molar-refractivity contribution >= 4 is 23.3 Å². The average Bonchev–Trinajstić information content (AvgIpc) is 3.17. The molecule has 3 aromatic rings. The van der Waals surface area contributed by atoms with Gasteiger partial charge in [-0.3, -0.25) is 4.79 Å². The van der Waals surface area contributed by atoms with Crippen LogP contribution in [0.1, 0.15) is 28.4 Å². The van der Waals surface area contributed by atoms with Crippen molar-refractivity contribution in [2.24, 2.45) is 0 Å². The molecular formula is C26H27N3O4. The summed E-state index contributed by atoms with van der Waals surface area (Å²) in [5.74, 6) is 1.15. The highest BCUT2D eigenvalue weighted by Gasteiger charge is 2.31. The fraction of sp³-hybridized carbons (Fsp3) is 0.231. The van der Waals surface area contributed by atoms with Gasteiger partial charge in [-0.2, -0.15) is 0 Å². The SMILES string of the molecule is COc1cc(NC(=O)NCc2ccc3c(c2)N(C(=O)c2ccccc2)C(C)C3)cc(OC)c1.